The molecule has 1 amide bonds. The molecule has 0 aliphatic carbocycles. The fourth-order valence-corrected chi connectivity index (χ4v) is 4.76. The van der Waals surface area contributed by atoms with E-state index in [1.165, 1.54) is 0 Å². The molecule has 3 heteroatoms. The molecule has 4 rings (SSSR count). The second kappa shape index (κ2) is 10.8. The molecule has 0 aliphatic heterocycles. The zero-order valence-electron chi connectivity index (χ0n) is 19.9. The van der Waals surface area contributed by atoms with Crippen LogP contribution in [0, 0.1) is 0 Å². The van der Waals surface area contributed by atoms with Crippen molar-refractivity contribution in [3.63, 3.8) is 0 Å². The van der Waals surface area contributed by atoms with Gasteiger partial charge in [-0.2, -0.15) is 0 Å². The lowest BCUT2D eigenvalue weighted by Gasteiger charge is -2.35. The molecule has 0 radical (unpaired) electrons. The lowest BCUT2D eigenvalue weighted by Crippen LogP contribution is -2.34. The van der Waals surface area contributed by atoms with Crippen LogP contribution in [0.2, 0.25) is 0 Å². The topological polar surface area (TPSA) is 32.3 Å². The average Bonchev–Trinajstić information content (AvgIpc) is 2.90. The molecule has 0 saturated carbocycles. The number of rotatable bonds is 9. The van der Waals surface area contributed by atoms with E-state index < -0.39 is 5.41 Å². The zero-order valence-corrected chi connectivity index (χ0v) is 19.9. The molecule has 0 bridgehead atoms. The normalized spacial score (nSPS) is 11.1. The van der Waals surface area contributed by atoms with Gasteiger partial charge in [-0.15, -0.1) is 0 Å². The Bertz CT molecular complexity index is 1070. The molecular formula is C31H32N2O. The Hall–Kier alpha value is -3.85. The first kappa shape index (κ1) is 23.3. The monoisotopic (exact) mass is 448 g/mol. The Kier molecular flexibility index (Phi) is 7.44. The number of anilines is 2. The molecule has 0 unspecified atom stereocenters. The van der Waals surface area contributed by atoms with Gasteiger partial charge >= 0.3 is 0 Å². The van der Waals surface area contributed by atoms with E-state index in [4.69, 9.17) is 0 Å². The smallest absolute Gasteiger partial charge is 0.225 e. The van der Waals surface area contributed by atoms with Crippen LogP contribution in [0.1, 0.15) is 37.0 Å². The van der Waals surface area contributed by atoms with E-state index in [1.807, 2.05) is 66.7 Å². The van der Waals surface area contributed by atoms with Gasteiger partial charge in [0.25, 0.3) is 0 Å². The number of nitrogens with one attached hydrogen (secondary N) is 1. The standard InChI is InChI=1S/C31H32N2O/c1-3-33(4-2)29-22-20-28(21-23-29)32-30(34)24-31(25-14-8-5-9-15-25,26-16-10-6-11-17-26)27-18-12-7-13-19-27/h5-23H,3-4,24H2,1-2H3,(H,32,34). The van der Waals surface area contributed by atoms with E-state index in [2.05, 4.69) is 72.6 Å². The highest BCUT2D eigenvalue weighted by atomic mass is 16.1. The number of amides is 1. The summed E-state index contributed by atoms with van der Waals surface area (Å²) in [5.41, 5.74) is 4.66. The van der Waals surface area contributed by atoms with Crippen LogP contribution in [0.3, 0.4) is 0 Å². The van der Waals surface area contributed by atoms with Crippen molar-refractivity contribution in [1.82, 2.24) is 0 Å². The highest BCUT2D eigenvalue weighted by molar-refractivity contribution is 5.93. The predicted molar refractivity (Wildman–Crippen MR) is 142 cm³/mol. The Balaban J connectivity index is 1.71. The second-order valence-electron chi connectivity index (χ2n) is 8.45. The van der Waals surface area contributed by atoms with Gasteiger partial charge in [-0.05, 0) is 54.8 Å². The van der Waals surface area contributed by atoms with E-state index >= 15 is 0 Å². The van der Waals surface area contributed by atoms with Gasteiger partial charge in [0, 0.05) is 30.9 Å². The summed E-state index contributed by atoms with van der Waals surface area (Å²) in [6.07, 6.45) is 0.294. The van der Waals surface area contributed by atoms with Crippen LogP contribution in [-0.2, 0) is 10.2 Å². The molecule has 34 heavy (non-hydrogen) atoms. The zero-order chi connectivity index (χ0) is 23.8. The van der Waals surface area contributed by atoms with E-state index in [9.17, 15) is 4.79 Å². The first-order chi connectivity index (χ1) is 16.7. The molecule has 4 aromatic rings. The Labute approximate surface area is 203 Å². The Morgan fingerprint density at radius 2 is 1.06 bits per heavy atom. The first-order valence-electron chi connectivity index (χ1n) is 12.0. The number of nitrogens with zero attached hydrogens (tertiary/aromatic N) is 1. The minimum atomic E-state index is -0.602. The molecule has 0 saturated heterocycles. The van der Waals surface area contributed by atoms with Crippen LogP contribution in [0.4, 0.5) is 11.4 Å². The van der Waals surface area contributed by atoms with Crippen LogP contribution < -0.4 is 10.2 Å². The van der Waals surface area contributed by atoms with Gasteiger partial charge in [0.05, 0.1) is 5.41 Å². The third-order valence-corrected chi connectivity index (χ3v) is 6.51. The average molecular weight is 449 g/mol. The SMILES string of the molecule is CCN(CC)c1ccc(NC(=O)CC(c2ccccc2)(c2ccccc2)c2ccccc2)cc1. The largest absolute Gasteiger partial charge is 0.372 e. The molecular weight excluding hydrogens is 416 g/mol. The molecule has 0 aliphatic rings. The molecule has 0 aromatic heterocycles. The maximum absolute atomic E-state index is 13.6. The maximum Gasteiger partial charge on any atom is 0.225 e. The van der Waals surface area contributed by atoms with Crippen molar-refractivity contribution in [2.45, 2.75) is 25.7 Å². The van der Waals surface area contributed by atoms with Crippen molar-refractivity contribution in [3.05, 3.63) is 132 Å². The van der Waals surface area contributed by atoms with Gasteiger partial charge in [-0.3, -0.25) is 4.79 Å². The van der Waals surface area contributed by atoms with Crippen LogP contribution in [0.5, 0.6) is 0 Å². The Morgan fingerprint density at radius 3 is 1.44 bits per heavy atom. The third-order valence-electron chi connectivity index (χ3n) is 6.51. The quantitative estimate of drug-likeness (QED) is 0.283. The fourth-order valence-electron chi connectivity index (χ4n) is 4.76. The van der Waals surface area contributed by atoms with E-state index in [-0.39, 0.29) is 5.91 Å². The van der Waals surface area contributed by atoms with Crippen LogP contribution in [0.15, 0.2) is 115 Å². The summed E-state index contributed by atoms with van der Waals surface area (Å²) in [6.45, 7) is 6.21. The predicted octanol–water partition coefficient (Wildman–Crippen LogP) is 6.90. The minimum Gasteiger partial charge on any atom is -0.372 e. The van der Waals surface area contributed by atoms with Crippen LogP contribution in [-0.4, -0.2) is 19.0 Å². The van der Waals surface area contributed by atoms with Crippen LogP contribution in [0.25, 0.3) is 0 Å². The summed E-state index contributed by atoms with van der Waals surface area (Å²) in [7, 11) is 0. The molecule has 0 atom stereocenters. The van der Waals surface area contributed by atoms with Crippen molar-refractivity contribution >= 4 is 17.3 Å². The summed E-state index contributed by atoms with van der Waals surface area (Å²) >= 11 is 0. The van der Waals surface area contributed by atoms with E-state index in [0.29, 0.717) is 6.42 Å². The van der Waals surface area contributed by atoms with E-state index in [0.717, 1.165) is 41.2 Å². The number of benzene rings is 4. The first-order valence-corrected chi connectivity index (χ1v) is 12.0. The van der Waals surface area contributed by atoms with Gasteiger partial charge in [-0.1, -0.05) is 91.0 Å². The summed E-state index contributed by atoms with van der Waals surface area (Å²) < 4.78 is 0. The molecule has 0 fully saturated rings. The molecule has 172 valence electrons. The summed E-state index contributed by atoms with van der Waals surface area (Å²) in [4.78, 5) is 15.8. The van der Waals surface area contributed by atoms with Crippen molar-refractivity contribution in [2.75, 3.05) is 23.3 Å². The van der Waals surface area contributed by atoms with E-state index in [1.54, 1.807) is 0 Å². The fraction of sp³-hybridized carbons (Fsp3) is 0.194. The molecule has 4 aromatic carbocycles. The van der Waals surface area contributed by atoms with Gasteiger partial charge < -0.3 is 10.2 Å². The van der Waals surface area contributed by atoms with Crippen molar-refractivity contribution in [1.29, 1.82) is 0 Å². The maximum atomic E-state index is 13.6. The molecule has 1 N–H and O–H groups in total. The van der Waals surface area contributed by atoms with Gasteiger partial charge in [0.1, 0.15) is 0 Å². The number of hydrogen-bond donors (Lipinski definition) is 1. The minimum absolute atomic E-state index is 0.0212. The van der Waals surface area contributed by atoms with Gasteiger partial charge in [0.2, 0.25) is 5.91 Å². The number of hydrogen-bond acceptors (Lipinski definition) is 2. The van der Waals surface area contributed by atoms with Crippen molar-refractivity contribution in [3.8, 4) is 0 Å². The highest BCUT2D eigenvalue weighted by Crippen LogP contribution is 2.42. The lowest BCUT2D eigenvalue weighted by molar-refractivity contribution is -0.116. The summed E-state index contributed by atoms with van der Waals surface area (Å²) in [5, 5.41) is 3.15. The number of carbonyl (C=O) groups is 1. The van der Waals surface area contributed by atoms with Crippen LogP contribution >= 0.6 is 0 Å². The summed E-state index contributed by atoms with van der Waals surface area (Å²) in [6, 6.07) is 39.1. The highest BCUT2D eigenvalue weighted by Gasteiger charge is 2.38. The molecule has 3 nitrogen and oxygen atoms in total. The van der Waals surface area contributed by atoms with Crippen molar-refractivity contribution in [2.24, 2.45) is 0 Å². The van der Waals surface area contributed by atoms with Gasteiger partial charge in [0.15, 0.2) is 0 Å². The Morgan fingerprint density at radius 1 is 0.647 bits per heavy atom. The van der Waals surface area contributed by atoms with Gasteiger partial charge in [-0.25, -0.2) is 0 Å². The van der Waals surface area contributed by atoms with Crippen molar-refractivity contribution < 1.29 is 4.79 Å². The third kappa shape index (κ3) is 4.89. The molecule has 0 heterocycles. The second-order valence-corrected chi connectivity index (χ2v) is 8.45. The number of carbonyl (C=O) groups excluding carboxylic acids is 1. The summed E-state index contributed by atoms with van der Waals surface area (Å²) in [5.74, 6) is -0.0212. The molecule has 0 spiro atoms. The lowest BCUT2D eigenvalue weighted by atomic mass is 9.67.